The molecule has 34 heavy (non-hydrogen) atoms. The Morgan fingerprint density at radius 1 is 0.853 bits per heavy atom. The summed E-state index contributed by atoms with van der Waals surface area (Å²) in [7, 11) is 0. The molecule has 3 aliphatic carbocycles. The molecule has 2 unspecified atom stereocenters. The monoisotopic (exact) mass is 468 g/mol. The summed E-state index contributed by atoms with van der Waals surface area (Å²) in [5.41, 5.74) is 2.17. The van der Waals surface area contributed by atoms with Gasteiger partial charge in [0.05, 0.1) is 0 Å². The quantitative estimate of drug-likeness (QED) is 0.186. The van der Waals surface area contributed by atoms with Crippen molar-refractivity contribution in [3.8, 4) is 0 Å². The van der Waals surface area contributed by atoms with Crippen LogP contribution in [0.3, 0.4) is 0 Å². The molecular formula is C34H60. The summed E-state index contributed by atoms with van der Waals surface area (Å²) in [6.45, 7) is 12.1. The Morgan fingerprint density at radius 3 is 2.24 bits per heavy atom. The number of hydrogen-bond donors (Lipinski definition) is 0. The van der Waals surface area contributed by atoms with Gasteiger partial charge in [0.25, 0.3) is 0 Å². The van der Waals surface area contributed by atoms with Crippen LogP contribution in [0, 0.1) is 35.0 Å². The van der Waals surface area contributed by atoms with Crippen molar-refractivity contribution in [3.63, 3.8) is 0 Å². The largest absolute Gasteiger partial charge is 0.0990 e. The molecule has 0 aromatic carbocycles. The maximum absolute atomic E-state index is 4.91. The molecule has 0 heteroatoms. The molecule has 0 aliphatic heterocycles. The minimum Gasteiger partial charge on any atom is -0.0990 e. The fourth-order valence-electron chi connectivity index (χ4n) is 8.40. The predicted molar refractivity (Wildman–Crippen MR) is 152 cm³/mol. The van der Waals surface area contributed by atoms with Crippen molar-refractivity contribution in [2.75, 3.05) is 0 Å². The van der Waals surface area contributed by atoms with Gasteiger partial charge in [0.1, 0.15) is 0 Å². The van der Waals surface area contributed by atoms with E-state index in [0.717, 1.165) is 29.6 Å². The molecule has 196 valence electrons. The molecular weight excluding hydrogens is 408 g/mol. The smallest absolute Gasteiger partial charge is 0.00878 e. The third kappa shape index (κ3) is 7.74. The van der Waals surface area contributed by atoms with Crippen molar-refractivity contribution in [1.82, 2.24) is 0 Å². The van der Waals surface area contributed by atoms with Crippen LogP contribution in [0.2, 0.25) is 0 Å². The molecule has 3 fully saturated rings. The van der Waals surface area contributed by atoms with E-state index in [1.165, 1.54) is 135 Å². The molecule has 3 rings (SSSR count). The van der Waals surface area contributed by atoms with Gasteiger partial charge in [-0.2, -0.15) is 0 Å². The van der Waals surface area contributed by atoms with E-state index >= 15 is 0 Å². The van der Waals surface area contributed by atoms with Crippen LogP contribution in [0.15, 0.2) is 24.3 Å². The molecule has 0 bridgehead atoms. The number of allylic oxidation sites excluding steroid dienone is 3. The van der Waals surface area contributed by atoms with Gasteiger partial charge in [0.2, 0.25) is 0 Å². The van der Waals surface area contributed by atoms with Gasteiger partial charge in [-0.25, -0.2) is 0 Å². The van der Waals surface area contributed by atoms with Gasteiger partial charge in [0, 0.05) is 0 Å². The number of hydrogen-bond acceptors (Lipinski definition) is 0. The van der Waals surface area contributed by atoms with Crippen molar-refractivity contribution < 1.29 is 0 Å². The fraction of sp³-hybridized carbons (Fsp3) is 0.882. The Labute approximate surface area is 214 Å². The summed E-state index contributed by atoms with van der Waals surface area (Å²) in [4.78, 5) is 0. The van der Waals surface area contributed by atoms with E-state index in [4.69, 9.17) is 6.58 Å². The van der Waals surface area contributed by atoms with Crippen molar-refractivity contribution in [3.05, 3.63) is 24.3 Å². The van der Waals surface area contributed by atoms with Crippen LogP contribution in [-0.4, -0.2) is 0 Å². The van der Waals surface area contributed by atoms with E-state index in [9.17, 15) is 0 Å². The van der Waals surface area contributed by atoms with Crippen LogP contribution in [0.4, 0.5) is 0 Å². The summed E-state index contributed by atoms with van der Waals surface area (Å²) in [6, 6.07) is 0. The molecule has 0 amide bonds. The second kappa shape index (κ2) is 14.9. The van der Waals surface area contributed by atoms with Crippen molar-refractivity contribution in [2.24, 2.45) is 35.0 Å². The molecule has 3 aliphatic rings. The van der Waals surface area contributed by atoms with Gasteiger partial charge in [-0.1, -0.05) is 122 Å². The highest BCUT2D eigenvalue weighted by Crippen LogP contribution is 2.52. The van der Waals surface area contributed by atoms with Crippen molar-refractivity contribution >= 4 is 0 Å². The average molecular weight is 469 g/mol. The van der Waals surface area contributed by atoms with E-state index in [1.54, 1.807) is 5.57 Å². The van der Waals surface area contributed by atoms with Crippen LogP contribution < -0.4 is 0 Å². The van der Waals surface area contributed by atoms with Crippen LogP contribution in [0.1, 0.15) is 156 Å². The van der Waals surface area contributed by atoms with Gasteiger partial charge in [-0.05, 0) is 92.8 Å². The van der Waals surface area contributed by atoms with Crippen LogP contribution in [0.25, 0.3) is 0 Å². The third-order valence-electron chi connectivity index (χ3n) is 10.7. The number of rotatable bonds is 13. The third-order valence-corrected chi connectivity index (χ3v) is 10.7. The van der Waals surface area contributed by atoms with E-state index in [-0.39, 0.29) is 0 Å². The van der Waals surface area contributed by atoms with Crippen LogP contribution >= 0.6 is 0 Å². The highest BCUT2D eigenvalue weighted by atomic mass is 14.4. The number of unbranched alkanes of at least 4 members (excludes halogenated alkanes) is 2. The highest BCUT2D eigenvalue weighted by Gasteiger charge is 2.39. The SMILES string of the molecule is C=C(C1CCCCC1/C=C/CCC1CCC(C(CC)CC)CC1)C1(CCCCC)CCCCC1. The summed E-state index contributed by atoms with van der Waals surface area (Å²) in [6.07, 6.45) is 35.3. The van der Waals surface area contributed by atoms with Crippen molar-refractivity contribution in [1.29, 1.82) is 0 Å². The first-order valence-corrected chi connectivity index (χ1v) is 16.0. The standard InChI is InChI=1S/C34H60/c1-5-8-14-25-34(26-15-9-16-27-34)28(4)33-20-13-12-19-32(33)18-11-10-17-29-21-23-31(24-22-29)30(6-2)7-3/h11,18,29-33H,4-10,12-17,19-27H2,1-3H3/b18-11+. The minimum atomic E-state index is 0.481. The average Bonchev–Trinajstić information content (AvgIpc) is 2.89. The minimum absolute atomic E-state index is 0.481. The molecule has 0 aromatic heterocycles. The second-order valence-corrected chi connectivity index (χ2v) is 12.7. The van der Waals surface area contributed by atoms with Crippen LogP contribution in [0.5, 0.6) is 0 Å². The Balaban J connectivity index is 1.50. The zero-order chi connectivity index (χ0) is 24.2. The van der Waals surface area contributed by atoms with E-state index < -0.39 is 0 Å². The lowest BCUT2D eigenvalue weighted by atomic mass is 9.60. The van der Waals surface area contributed by atoms with Gasteiger partial charge in [-0.3, -0.25) is 0 Å². The molecule has 0 nitrogen and oxygen atoms in total. The Morgan fingerprint density at radius 2 is 1.56 bits per heavy atom. The first kappa shape index (κ1) is 28.1. The van der Waals surface area contributed by atoms with E-state index in [0.29, 0.717) is 5.41 Å². The summed E-state index contributed by atoms with van der Waals surface area (Å²) in [5.74, 6) is 4.56. The van der Waals surface area contributed by atoms with Gasteiger partial charge >= 0.3 is 0 Å². The molecule has 0 radical (unpaired) electrons. The second-order valence-electron chi connectivity index (χ2n) is 12.7. The lowest BCUT2D eigenvalue weighted by molar-refractivity contribution is 0.172. The topological polar surface area (TPSA) is 0 Å². The first-order valence-electron chi connectivity index (χ1n) is 16.0. The zero-order valence-electron chi connectivity index (χ0n) is 23.6. The molecule has 0 N–H and O–H groups in total. The van der Waals surface area contributed by atoms with Crippen LogP contribution in [-0.2, 0) is 0 Å². The van der Waals surface area contributed by atoms with Gasteiger partial charge in [-0.15, -0.1) is 0 Å². The fourth-order valence-corrected chi connectivity index (χ4v) is 8.40. The maximum atomic E-state index is 4.91. The lowest BCUT2D eigenvalue weighted by Gasteiger charge is -2.45. The van der Waals surface area contributed by atoms with Gasteiger partial charge in [0.15, 0.2) is 0 Å². The molecule has 3 saturated carbocycles. The zero-order valence-corrected chi connectivity index (χ0v) is 23.6. The summed E-state index contributed by atoms with van der Waals surface area (Å²) < 4.78 is 0. The Hall–Kier alpha value is -0.520. The molecule has 0 spiro atoms. The first-order chi connectivity index (χ1) is 16.6. The summed E-state index contributed by atoms with van der Waals surface area (Å²) in [5, 5.41) is 0. The van der Waals surface area contributed by atoms with Gasteiger partial charge < -0.3 is 0 Å². The van der Waals surface area contributed by atoms with E-state index in [2.05, 4.69) is 32.9 Å². The summed E-state index contributed by atoms with van der Waals surface area (Å²) >= 11 is 0. The predicted octanol–water partition coefficient (Wildman–Crippen LogP) is 11.5. The lowest BCUT2D eigenvalue weighted by Crippen LogP contribution is -2.33. The molecule has 0 saturated heterocycles. The molecule has 2 atom stereocenters. The normalized spacial score (nSPS) is 30.1. The Bertz CT molecular complexity index is 579. The molecule has 0 aromatic rings. The maximum Gasteiger partial charge on any atom is -0.00878 e. The highest BCUT2D eigenvalue weighted by molar-refractivity contribution is 5.19. The van der Waals surface area contributed by atoms with E-state index in [1.807, 2.05) is 0 Å². The molecule has 0 heterocycles. The Kier molecular flexibility index (Phi) is 12.3. The van der Waals surface area contributed by atoms with Crippen molar-refractivity contribution in [2.45, 2.75) is 156 Å².